The first kappa shape index (κ1) is 15.4. The Hall–Kier alpha value is -2.47. The molecule has 1 fully saturated rings. The maximum Gasteiger partial charge on any atom is 0.278 e. The van der Waals surface area contributed by atoms with Crippen molar-refractivity contribution in [1.82, 2.24) is 20.0 Å². The number of nitrogens with one attached hydrogen (secondary N) is 1. The number of benzene rings is 1. The van der Waals surface area contributed by atoms with Crippen molar-refractivity contribution in [1.29, 1.82) is 0 Å². The number of hydrogen-bond donors (Lipinski definition) is 1. The van der Waals surface area contributed by atoms with Gasteiger partial charge in [0, 0.05) is 31.4 Å². The molecule has 1 atom stereocenters. The number of para-hydroxylation sites is 1. The monoisotopic (exact) mass is 312 g/mol. The van der Waals surface area contributed by atoms with Crippen LogP contribution in [0.4, 0.5) is 0 Å². The van der Waals surface area contributed by atoms with Gasteiger partial charge < -0.3 is 10.2 Å². The Morgan fingerprint density at radius 2 is 2.09 bits per heavy atom. The molecule has 1 amide bonds. The summed E-state index contributed by atoms with van der Waals surface area (Å²) in [6, 6.07) is 11.1. The molecule has 23 heavy (non-hydrogen) atoms. The Morgan fingerprint density at radius 1 is 1.35 bits per heavy atom. The number of nitrogens with zero attached hydrogens (tertiary/aromatic N) is 3. The molecule has 1 aliphatic rings. The van der Waals surface area contributed by atoms with Crippen molar-refractivity contribution in [3.8, 4) is 5.69 Å². The van der Waals surface area contributed by atoms with Crippen molar-refractivity contribution in [2.75, 3.05) is 20.1 Å². The van der Waals surface area contributed by atoms with Crippen molar-refractivity contribution >= 4 is 5.91 Å². The third-order valence-corrected chi connectivity index (χ3v) is 4.21. The van der Waals surface area contributed by atoms with Crippen molar-refractivity contribution in [3.05, 3.63) is 58.0 Å². The van der Waals surface area contributed by atoms with Crippen molar-refractivity contribution in [2.45, 2.75) is 19.4 Å². The zero-order valence-corrected chi connectivity index (χ0v) is 13.3. The van der Waals surface area contributed by atoms with E-state index in [1.165, 1.54) is 6.07 Å². The minimum absolute atomic E-state index is 0.0335. The van der Waals surface area contributed by atoms with E-state index in [4.69, 9.17) is 0 Å². The molecule has 2 heterocycles. The number of rotatable bonds is 3. The number of carbonyl (C=O) groups is 1. The fourth-order valence-electron chi connectivity index (χ4n) is 2.83. The van der Waals surface area contributed by atoms with Crippen LogP contribution in [0.3, 0.4) is 0 Å². The molecule has 3 rings (SSSR count). The molecule has 1 aromatic carbocycles. The largest absolute Gasteiger partial charge is 0.336 e. The Balaban J connectivity index is 1.99. The minimum atomic E-state index is -0.336. The van der Waals surface area contributed by atoms with Crippen LogP contribution in [0, 0.1) is 6.92 Å². The van der Waals surface area contributed by atoms with E-state index >= 15 is 0 Å². The molecule has 0 aliphatic carbocycles. The van der Waals surface area contributed by atoms with Crippen molar-refractivity contribution in [2.24, 2.45) is 0 Å². The minimum Gasteiger partial charge on any atom is -0.336 e. The topological polar surface area (TPSA) is 67.2 Å². The highest BCUT2D eigenvalue weighted by molar-refractivity contribution is 5.92. The highest BCUT2D eigenvalue weighted by Gasteiger charge is 2.27. The zero-order valence-electron chi connectivity index (χ0n) is 13.3. The van der Waals surface area contributed by atoms with Crippen molar-refractivity contribution in [3.63, 3.8) is 0 Å². The van der Waals surface area contributed by atoms with Crippen LogP contribution in [0.15, 0.2) is 41.2 Å². The van der Waals surface area contributed by atoms with Crippen LogP contribution < -0.4 is 10.7 Å². The molecule has 0 bridgehead atoms. The lowest BCUT2D eigenvalue weighted by Crippen LogP contribution is -2.41. The highest BCUT2D eigenvalue weighted by atomic mass is 16.2. The molecular weight excluding hydrogens is 292 g/mol. The Labute approximate surface area is 134 Å². The first-order valence-electron chi connectivity index (χ1n) is 7.72. The first-order chi connectivity index (χ1) is 11.1. The number of amides is 1. The predicted octanol–water partition coefficient (Wildman–Crippen LogP) is 0.975. The summed E-state index contributed by atoms with van der Waals surface area (Å²) in [4.78, 5) is 26.5. The molecule has 1 aliphatic heterocycles. The molecule has 6 nitrogen and oxygen atoms in total. The second-order valence-corrected chi connectivity index (χ2v) is 5.81. The standard InChI is InChI=1S/C17H20N4O2/c1-12-10-15(22)16(17(23)20(2)14-8-9-18-11-14)19-21(12)13-6-4-3-5-7-13/h3-7,10,14,18H,8-9,11H2,1-2H3. The molecule has 1 saturated heterocycles. The summed E-state index contributed by atoms with van der Waals surface area (Å²) in [6.45, 7) is 3.44. The van der Waals surface area contributed by atoms with Crippen LogP contribution in [-0.4, -0.2) is 46.8 Å². The number of aryl methyl sites for hydroxylation is 1. The average Bonchev–Trinajstić information content (AvgIpc) is 3.09. The maximum atomic E-state index is 12.7. The fraction of sp³-hybridized carbons (Fsp3) is 0.353. The lowest BCUT2D eigenvalue weighted by molar-refractivity contribution is 0.0734. The number of likely N-dealkylation sites (N-methyl/N-ethyl adjacent to an activating group) is 1. The summed E-state index contributed by atoms with van der Waals surface area (Å²) in [5.41, 5.74) is 1.15. The van der Waals surface area contributed by atoms with E-state index in [0.29, 0.717) is 5.69 Å². The predicted molar refractivity (Wildman–Crippen MR) is 87.9 cm³/mol. The van der Waals surface area contributed by atoms with Gasteiger partial charge in [0.1, 0.15) is 0 Å². The Kier molecular flexibility index (Phi) is 4.25. The average molecular weight is 312 g/mol. The normalized spacial score (nSPS) is 17.2. The molecule has 120 valence electrons. The van der Waals surface area contributed by atoms with Gasteiger partial charge in [0.05, 0.1) is 5.69 Å². The molecule has 1 unspecified atom stereocenters. The third-order valence-electron chi connectivity index (χ3n) is 4.21. The second-order valence-electron chi connectivity index (χ2n) is 5.81. The molecular formula is C17H20N4O2. The van der Waals surface area contributed by atoms with Gasteiger partial charge in [-0.15, -0.1) is 0 Å². The van der Waals surface area contributed by atoms with Gasteiger partial charge in [-0.3, -0.25) is 9.59 Å². The molecule has 6 heteroatoms. The van der Waals surface area contributed by atoms with Gasteiger partial charge in [-0.05, 0) is 32.0 Å². The first-order valence-corrected chi connectivity index (χ1v) is 7.72. The van der Waals surface area contributed by atoms with Gasteiger partial charge in [0.25, 0.3) is 5.91 Å². The number of carbonyl (C=O) groups excluding carboxylic acids is 1. The summed E-state index contributed by atoms with van der Waals surface area (Å²) in [7, 11) is 1.73. The van der Waals surface area contributed by atoms with Crippen LogP contribution in [0.25, 0.3) is 5.69 Å². The van der Waals surface area contributed by atoms with Crippen LogP contribution in [0.1, 0.15) is 22.6 Å². The lowest BCUT2D eigenvalue weighted by atomic mass is 10.2. The Morgan fingerprint density at radius 3 is 2.74 bits per heavy atom. The van der Waals surface area contributed by atoms with Crippen LogP contribution >= 0.6 is 0 Å². The molecule has 0 spiro atoms. The van der Waals surface area contributed by atoms with E-state index in [0.717, 1.165) is 25.2 Å². The van der Waals surface area contributed by atoms with E-state index in [1.54, 1.807) is 23.6 Å². The molecule has 1 N–H and O–H groups in total. The van der Waals surface area contributed by atoms with Gasteiger partial charge in [0.15, 0.2) is 5.69 Å². The summed E-state index contributed by atoms with van der Waals surface area (Å²) in [6.07, 6.45) is 0.890. The van der Waals surface area contributed by atoms with Gasteiger partial charge in [-0.1, -0.05) is 18.2 Å². The Bertz CT molecular complexity index is 764. The smallest absolute Gasteiger partial charge is 0.278 e. The van der Waals surface area contributed by atoms with Gasteiger partial charge in [-0.25, -0.2) is 4.68 Å². The summed E-state index contributed by atoms with van der Waals surface area (Å²) < 4.78 is 1.63. The second kappa shape index (κ2) is 6.34. The van der Waals surface area contributed by atoms with Crippen molar-refractivity contribution < 1.29 is 4.79 Å². The van der Waals surface area contributed by atoms with Gasteiger partial charge in [0.2, 0.25) is 5.43 Å². The van der Waals surface area contributed by atoms with E-state index in [9.17, 15) is 9.59 Å². The SMILES string of the molecule is Cc1cc(=O)c(C(=O)N(C)C2CCNC2)nn1-c1ccccc1. The third kappa shape index (κ3) is 3.03. The molecule has 0 saturated carbocycles. The van der Waals surface area contributed by atoms with E-state index in [2.05, 4.69) is 10.4 Å². The zero-order chi connectivity index (χ0) is 16.4. The van der Waals surface area contributed by atoms with Crippen LogP contribution in [-0.2, 0) is 0 Å². The summed E-state index contributed by atoms with van der Waals surface area (Å²) >= 11 is 0. The maximum absolute atomic E-state index is 12.7. The summed E-state index contributed by atoms with van der Waals surface area (Å²) in [5, 5.41) is 7.55. The number of hydrogen-bond acceptors (Lipinski definition) is 4. The van der Waals surface area contributed by atoms with Gasteiger partial charge in [-0.2, -0.15) is 5.10 Å². The molecule has 0 radical (unpaired) electrons. The molecule has 2 aromatic rings. The highest BCUT2D eigenvalue weighted by Crippen LogP contribution is 2.11. The molecule has 1 aromatic heterocycles. The lowest BCUT2D eigenvalue weighted by Gasteiger charge is -2.23. The van der Waals surface area contributed by atoms with Gasteiger partial charge >= 0.3 is 0 Å². The summed E-state index contributed by atoms with van der Waals surface area (Å²) in [5.74, 6) is -0.326. The number of aromatic nitrogens is 2. The van der Waals surface area contributed by atoms with E-state index in [-0.39, 0.29) is 23.1 Å². The quantitative estimate of drug-likeness (QED) is 0.917. The van der Waals surface area contributed by atoms with E-state index < -0.39 is 0 Å². The van der Waals surface area contributed by atoms with Crippen LogP contribution in [0.2, 0.25) is 0 Å². The fourth-order valence-corrected chi connectivity index (χ4v) is 2.83. The van der Waals surface area contributed by atoms with E-state index in [1.807, 2.05) is 30.3 Å². The van der Waals surface area contributed by atoms with Crippen LogP contribution in [0.5, 0.6) is 0 Å².